The van der Waals surface area contributed by atoms with Crippen LogP contribution in [0.1, 0.15) is 29.4 Å². The van der Waals surface area contributed by atoms with Gasteiger partial charge in [0.05, 0.1) is 24.7 Å². The van der Waals surface area contributed by atoms with Crippen molar-refractivity contribution in [1.82, 2.24) is 10.6 Å². The molecule has 1 heterocycles. The summed E-state index contributed by atoms with van der Waals surface area (Å²) in [5, 5.41) is 16.4. The zero-order valence-electron chi connectivity index (χ0n) is 15.3. The lowest BCUT2D eigenvalue weighted by Crippen LogP contribution is -2.36. The fourth-order valence-electron chi connectivity index (χ4n) is 2.83. The third-order valence-electron chi connectivity index (χ3n) is 4.29. The number of hydrogen-bond donors (Lipinski definition) is 2. The molecule has 138 valence electrons. The average molecular weight is 364 g/mol. The van der Waals surface area contributed by atoms with E-state index in [1.54, 1.807) is 0 Å². The van der Waals surface area contributed by atoms with Gasteiger partial charge in [0, 0.05) is 23.1 Å². The van der Waals surface area contributed by atoms with Gasteiger partial charge in [0.1, 0.15) is 17.2 Å². The highest BCUT2D eigenvalue weighted by atomic mass is 19.1. The Balaban J connectivity index is 1.74. The summed E-state index contributed by atoms with van der Waals surface area (Å²) in [4.78, 5) is 4.42. The first-order chi connectivity index (χ1) is 13.1. The summed E-state index contributed by atoms with van der Waals surface area (Å²) in [5.74, 6) is 1.01. The molecule has 0 saturated heterocycles. The van der Waals surface area contributed by atoms with E-state index in [9.17, 15) is 4.39 Å². The number of benzene rings is 2. The molecule has 0 bridgehead atoms. The monoisotopic (exact) mass is 364 g/mol. The zero-order valence-corrected chi connectivity index (χ0v) is 15.3. The van der Waals surface area contributed by atoms with Crippen LogP contribution in [0.15, 0.2) is 51.9 Å². The fraction of sp³-hybridized carbons (Fsp3) is 0.238. The van der Waals surface area contributed by atoms with Crippen molar-refractivity contribution in [3.63, 3.8) is 0 Å². The van der Waals surface area contributed by atoms with Gasteiger partial charge in [-0.25, -0.2) is 9.38 Å². The van der Waals surface area contributed by atoms with Crippen molar-refractivity contribution in [3.05, 3.63) is 70.7 Å². The van der Waals surface area contributed by atoms with Crippen molar-refractivity contribution in [2.45, 2.75) is 26.9 Å². The number of para-hydroxylation sites is 1. The van der Waals surface area contributed by atoms with E-state index < -0.39 is 0 Å². The molecule has 0 radical (unpaired) electrons. The lowest BCUT2D eigenvalue weighted by atomic mass is 10.1. The summed E-state index contributed by atoms with van der Waals surface area (Å²) in [5.41, 5.74) is 2.73. The number of hydrogen-bond acceptors (Lipinski definition) is 3. The summed E-state index contributed by atoms with van der Waals surface area (Å²) < 4.78 is 19.8. The van der Waals surface area contributed by atoms with Crippen molar-refractivity contribution in [3.8, 4) is 6.07 Å². The van der Waals surface area contributed by atoms with E-state index in [0.29, 0.717) is 30.2 Å². The molecular weight excluding hydrogens is 343 g/mol. The first kappa shape index (κ1) is 18.5. The Morgan fingerprint density at radius 1 is 1.22 bits per heavy atom. The number of aryl methyl sites for hydroxylation is 1. The van der Waals surface area contributed by atoms with Gasteiger partial charge in [-0.3, -0.25) is 0 Å². The molecule has 0 aliphatic heterocycles. The van der Waals surface area contributed by atoms with E-state index in [4.69, 9.17) is 9.68 Å². The maximum absolute atomic E-state index is 13.9. The molecule has 0 aliphatic carbocycles. The number of nitrogens with zero attached hydrogens (tertiary/aromatic N) is 2. The molecule has 0 saturated carbocycles. The van der Waals surface area contributed by atoms with Gasteiger partial charge in [-0.2, -0.15) is 5.26 Å². The highest BCUT2D eigenvalue weighted by molar-refractivity contribution is 5.83. The summed E-state index contributed by atoms with van der Waals surface area (Å²) >= 11 is 0. The molecular formula is C21H21FN4O. The van der Waals surface area contributed by atoms with Crippen LogP contribution in [-0.4, -0.2) is 12.5 Å². The van der Waals surface area contributed by atoms with Gasteiger partial charge in [0.2, 0.25) is 0 Å². The third kappa shape index (κ3) is 4.26. The van der Waals surface area contributed by atoms with Crippen molar-refractivity contribution >= 4 is 16.9 Å². The van der Waals surface area contributed by atoms with Crippen LogP contribution in [0.2, 0.25) is 0 Å². The van der Waals surface area contributed by atoms with Crippen LogP contribution in [0.3, 0.4) is 0 Å². The lowest BCUT2D eigenvalue weighted by Gasteiger charge is -2.11. The predicted octanol–water partition coefficient (Wildman–Crippen LogP) is 4.01. The van der Waals surface area contributed by atoms with E-state index in [1.807, 2.05) is 44.2 Å². The van der Waals surface area contributed by atoms with Gasteiger partial charge in [0.25, 0.3) is 0 Å². The molecule has 1 aromatic heterocycles. The Morgan fingerprint density at radius 2 is 2.04 bits per heavy atom. The minimum Gasteiger partial charge on any atom is -0.459 e. The van der Waals surface area contributed by atoms with E-state index >= 15 is 0 Å². The van der Waals surface area contributed by atoms with E-state index in [2.05, 4.69) is 15.6 Å². The molecule has 0 atom stereocenters. The second-order valence-corrected chi connectivity index (χ2v) is 6.11. The number of halogens is 1. The average Bonchev–Trinajstić information content (AvgIpc) is 3.01. The fourth-order valence-corrected chi connectivity index (χ4v) is 2.83. The Kier molecular flexibility index (Phi) is 5.72. The SMILES string of the molecule is CCNC(=NCc1cc(C#N)ccc1F)NCc1oc2ccccc2c1C. The standard InChI is InChI=1S/C21H21FN4O/c1-3-24-21(25-12-16-10-15(11-23)8-9-18(16)22)26-13-20-14(2)17-6-4-5-7-19(17)27-20/h4-10H,3,12-13H2,1-2H3,(H2,24,25,26). The maximum atomic E-state index is 13.9. The van der Waals surface area contributed by atoms with Gasteiger partial charge in [0.15, 0.2) is 5.96 Å². The normalized spacial score (nSPS) is 11.4. The van der Waals surface area contributed by atoms with Crippen LogP contribution in [0.25, 0.3) is 11.0 Å². The van der Waals surface area contributed by atoms with Gasteiger partial charge in [-0.1, -0.05) is 18.2 Å². The second kappa shape index (κ2) is 8.37. The maximum Gasteiger partial charge on any atom is 0.191 e. The van der Waals surface area contributed by atoms with Gasteiger partial charge >= 0.3 is 0 Å². The molecule has 3 aromatic rings. The molecule has 3 rings (SSSR count). The largest absolute Gasteiger partial charge is 0.459 e. The quantitative estimate of drug-likeness (QED) is 0.530. The van der Waals surface area contributed by atoms with Crippen LogP contribution in [-0.2, 0) is 13.1 Å². The molecule has 0 unspecified atom stereocenters. The van der Waals surface area contributed by atoms with Crippen LogP contribution in [0, 0.1) is 24.1 Å². The number of nitrogens with one attached hydrogen (secondary N) is 2. The number of aliphatic imine (C=N–C) groups is 1. The number of rotatable bonds is 5. The lowest BCUT2D eigenvalue weighted by molar-refractivity contribution is 0.534. The number of furan rings is 1. The van der Waals surface area contributed by atoms with Crippen molar-refractivity contribution in [1.29, 1.82) is 5.26 Å². The number of guanidine groups is 1. The molecule has 0 spiro atoms. The third-order valence-corrected chi connectivity index (χ3v) is 4.29. The van der Waals surface area contributed by atoms with Crippen molar-refractivity contribution in [2.75, 3.05) is 6.54 Å². The van der Waals surface area contributed by atoms with E-state index in [0.717, 1.165) is 22.3 Å². The molecule has 0 amide bonds. The summed E-state index contributed by atoms with van der Waals surface area (Å²) in [6.07, 6.45) is 0. The minimum atomic E-state index is -0.373. The Bertz CT molecular complexity index is 1020. The van der Waals surface area contributed by atoms with Gasteiger partial charge in [-0.15, -0.1) is 0 Å². The molecule has 27 heavy (non-hydrogen) atoms. The van der Waals surface area contributed by atoms with E-state index in [1.165, 1.54) is 18.2 Å². The molecule has 2 N–H and O–H groups in total. The van der Waals surface area contributed by atoms with Gasteiger partial charge < -0.3 is 15.1 Å². The van der Waals surface area contributed by atoms with Crippen LogP contribution in [0.4, 0.5) is 4.39 Å². The van der Waals surface area contributed by atoms with Crippen molar-refractivity contribution in [2.24, 2.45) is 4.99 Å². The second-order valence-electron chi connectivity index (χ2n) is 6.11. The highest BCUT2D eigenvalue weighted by Gasteiger charge is 2.10. The first-order valence-corrected chi connectivity index (χ1v) is 8.80. The van der Waals surface area contributed by atoms with Crippen LogP contribution >= 0.6 is 0 Å². The highest BCUT2D eigenvalue weighted by Crippen LogP contribution is 2.24. The predicted molar refractivity (Wildman–Crippen MR) is 104 cm³/mol. The summed E-state index contributed by atoms with van der Waals surface area (Å²) in [6.45, 7) is 5.25. The molecule has 5 nitrogen and oxygen atoms in total. The Labute approximate surface area is 157 Å². The Morgan fingerprint density at radius 3 is 2.78 bits per heavy atom. The smallest absolute Gasteiger partial charge is 0.191 e. The summed E-state index contributed by atoms with van der Waals surface area (Å²) in [6, 6.07) is 14.2. The number of nitriles is 1. The first-order valence-electron chi connectivity index (χ1n) is 8.80. The molecule has 6 heteroatoms. The zero-order chi connectivity index (χ0) is 19.2. The molecule has 0 aliphatic rings. The number of fused-ring (bicyclic) bond motifs is 1. The van der Waals surface area contributed by atoms with Crippen LogP contribution < -0.4 is 10.6 Å². The molecule has 0 fully saturated rings. The van der Waals surface area contributed by atoms with Gasteiger partial charge in [-0.05, 0) is 38.1 Å². The topological polar surface area (TPSA) is 73.3 Å². The Hall–Kier alpha value is -3.33. The van der Waals surface area contributed by atoms with E-state index in [-0.39, 0.29) is 12.4 Å². The summed E-state index contributed by atoms with van der Waals surface area (Å²) in [7, 11) is 0. The molecule has 2 aromatic carbocycles. The van der Waals surface area contributed by atoms with Crippen molar-refractivity contribution < 1.29 is 8.81 Å². The van der Waals surface area contributed by atoms with Crippen LogP contribution in [0.5, 0.6) is 0 Å². The minimum absolute atomic E-state index is 0.135.